The number of carbonyl (C=O) groups is 2. The fraction of sp³-hybridized carbons (Fsp3) is 0.0833. The van der Waals surface area contributed by atoms with Gasteiger partial charge in [-0.3, -0.25) is 14.5 Å². The number of hydrogen-bond donors (Lipinski definition) is 1. The molecular formula is C24H18BrNO4. The predicted molar refractivity (Wildman–Crippen MR) is 118 cm³/mol. The minimum Gasteiger partial charge on any atom is -0.507 e. The first-order valence-electron chi connectivity index (χ1n) is 9.27. The smallest absolute Gasteiger partial charge is 0.300 e. The first kappa shape index (κ1) is 19.9. The highest BCUT2D eigenvalue weighted by Crippen LogP contribution is 2.42. The zero-order chi connectivity index (χ0) is 21.3. The Morgan fingerprint density at radius 3 is 2.17 bits per heavy atom. The number of halogens is 1. The quantitative estimate of drug-likeness (QED) is 0.332. The molecule has 0 aliphatic carbocycles. The number of methoxy groups -OCH3 is 1. The topological polar surface area (TPSA) is 66.8 Å². The van der Waals surface area contributed by atoms with Crippen LogP contribution in [-0.2, 0) is 9.59 Å². The van der Waals surface area contributed by atoms with E-state index in [2.05, 4.69) is 15.9 Å². The van der Waals surface area contributed by atoms with E-state index in [0.717, 1.165) is 4.47 Å². The van der Waals surface area contributed by atoms with Crippen molar-refractivity contribution in [2.45, 2.75) is 6.04 Å². The van der Waals surface area contributed by atoms with Gasteiger partial charge in [-0.2, -0.15) is 0 Å². The lowest BCUT2D eigenvalue weighted by Crippen LogP contribution is -2.29. The number of aliphatic hydroxyl groups excluding tert-OH is 1. The number of nitrogens with zero attached hydrogens (tertiary/aromatic N) is 1. The second-order valence-corrected chi connectivity index (χ2v) is 7.70. The Hall–Kier alpha value is -3.38. The van der Waals surface area contributed by atoms with Crippen LogP contribution in [0.15, 0.2) is 88.9 Å². The number of ether oxygens (including phenoxy) is 1. The van der Waals surface area contributed by atoms with Gasteiger partial charge in [0.15, 0.2) is 0 Å². The molecule has 0 bridgehead atoms. The predicted octanol–water partition coefficient (Wildman–Crippen LogP) is 5.08. The lowest BCUT2D eigenvalue weighted by Gasteiger charge is -2.25. The third-order valence-corrected chi connectivity index (χ3v) is 5.56. The minimum atomic E-state index is -0.762. The van der Waals surface area contributed by atoms with Gasteiger partial charge in [0.2, 0.25) is 0 Å². The Labute approximate surface area is 182 Å². The molecule has 1 amide bonds. The molecule has 5 nitrogen and oxygen atoms in total. The second-order valence-electron chi connectivity index (χ2n) is 6.78. The number of amides is 1. The number of ketones is 1. The van der Waals surface area contributed by atoms with Crippen molar-refractivity contribution in [1.82, 2.24) is 0 Å². The van der Waals surface area contributed by atoms with Crippen LogP contribution in [0.1, 0.15) is 17.2 Å². The lowest BCUT2D eigenvalue weighted by atomic mass is 9.95. The van der Waals surface area contributed by atoms with Crippen molar-refractivity contribution in [2.75, 3.05) is 12.0 Å². The van der Waals surface area contributed by atoms with E-state index in [1.807, 2.05) is 6.07 Å². The van der Waals surface area contributed by atoms with E-state index in [-0.39, 0.29) is 11.3 Å². The van der Waals surface area contributed by atoms with Crippen molar-refractivity contribution < 1.29 is 19.4 Å². The van der Waals surface area contributed by atoms with E-state index in [0.29, 0.717) is 22.6 Å². The molecule has 0 radical (unpaired) electrons. The van der Waals surface area contributed by atoms with E-state index < -0.39 is 17.7 Å². The Morgan fingerprint density at radius 2 is 1.57 bits per heavy atom. The molecule has 4 rings (SSSR count). The molecule has 0 saturated carbocycles. The highest BCUT2D eigenvalue weighted by atomic mass is 79.9. The first-order chi connectivity index (χ1) is 14.5. The number of Topliss-reactive ketones (excluding diaryl/α,β-unsaturated/α-hetero) is 1. The molecule has 0 aromatic heterocycles. The molecule has 30 heavy (non-hydrogen) atoms. The summed E-state index contributed by atoms with van der Waals surface area (Å²) >= 11 is 3.36. The maximum atomic E-state index is 13.0. The van der Waals surface area contributed by atoms with Crippen LogP contribution >= 0.6 is 15.9 Å². The second kappa shape index (κ2) is 8.16. The maximum absolute atomic E-state index is 13.0. The summed E-state index contributed by atoms with van der Waals surface area (Å²) in [7, 11) is 1.57. The third-order valence-electron chi connectivity index (χ3n) is 5.03. The Kier molecular flexibility index (Phi) is 5.42. The molecule has 1 fully saturated rings. The largest absolute Gasteiger partial charge is 0.507 e. The molecule has 1 saturated heterocycles. The van der Waals surface area contributed by atoms with E-state index in [1.54, 1.807) is 79.9 Å². The Balaban J connectivity index is 1.92. The zero-order valence-corrected chi connectivity index (χ0v) is 17.7. The standard InChI is InChI=1S/C24H18BrNO4/c1-30-19-13-9-15(10-14-19)21-20(22(27)16-7-11-17(25)12-8-16)23(28)24(29)26(21)18-5-3-2-4-6-18/h2-14,21,27H,1H3/b22-20-. The fourth-order valence-corrected chi connectivity index (χ4v) is 3.82. The number of para-hydroxylation sites is 1. The van der Waals surface area contributed by atoms with E-state index >= 15 is 0 Å². The molecule has 1 N–H and O–H groups in total. The molecule has 1 aliphatic rings. The Morgan fingerprint density at radius 1 is 0.933 bits per heavy atom. The van der Waals surface area contributed by atoms with Crippen molar-refractivity contribution in [1.29, 1.82) is 0 Å². The van der Waals surface area contributed by atoms with Gasteiger partial charge >= 0.3 is 0 Å². The summed E-state index contributed by atoms with van der Waals surface area (Å²) in [5.74, 6) is -0.954. The van der Waals surface area contributed by atoms with Crippen molar-refractivity contribution in [3.8, 4) is 5.75 Å². The molecular weight excluding hydrogens is 446 g/mol. The molecule has 150 valence electrons. The van der Waals surface area contributed by atoms with Crippen LogP contribution in [0.4, 0.5) is 5.69 Å². The zero-order valence-electron chi connectivity index (χ0n) is 16.1. The molecule has 0 spiro atoms. The van der Waals surface area contributed by atoms with Crippen molar-refractivity contribution >= 4 is 39.1 Å². The summed E-state index contributed by atoms with van der Waals surface area (Å²) in [4.78, 5) is 27.5. The summed E-state index contributed by atoms with van der Waals surface area (Å²) in [6.45, 7) is 0. The fourth-order valence-electron chi connectivity index (χ4n) is 3.55. The molecule has 6 heteroatoms. The van der Waals surface area contributed by atoms with E-state index in [9.17, 15) is 14.7 Å². The van der Waals surface area contributed by atoms with Crippen LogP contribution in [0, 0.1) is 0 Å². The summed E-state index contributed by atoms with van der Waals surface area (Å²) in [5, 5.41) is 11.0. The number of rotatable bonds is 4. The van der Waals surface area contributed by atoms with Gasteiger partial charge in [0, 0.05) is 15.7 Å². The summed E-state index contributed by atoms with van der Waals surface area (Å²) < 4.78 is 6.07. The average Bonchev–Trinajstić information content (AvgIpc) is 3.05. The molecule has 1 atom stereocenters. The van der Waals surface area contributed by atoms with Crippen molar-refractivity contribution in [3.63, 3.8) is 0 Å². The number of benzene rings is 3. The highest BCUT2D eigenvalue weighted by Gasteiger charge is 2.46. The van der Waals surface area contributed by atoms with Crippen LogP contribution in [0.3, 0.4) is 0 Å². The number of anilines is 1. The van der Waals surface area contributed by atoms with Crippen LogP contribution in [-0.4, -0.2) is 23.9 Å². The first-order valence-corrected chi connectivity index (χ1v) is 10.1. The molecule has 3 aromatic carbocycles. The van der Waals surface area contributed by atoms with Gasteiger partial charge in [0.1, 0.15) is 11.5 Å². The van der Waals surface area contributed by atoms with Crippen LogP contribution in [0.25, 0.3) is 5.76 Å². The van der Waals surface area contributed by atoms with Crippen molar-refractivity contribution in [3.05, 3.63) is 100 Å². The van der Waals surface area contributed by atoms with E-state index in [4.69, 9.17) is 4.74 Å². The van der Waals surface area contributed by atoms with Gasteiger partial charge in [-0.1, -0.05) is 58.4 Å². The molecule has 3 aromatic rings. The normalized spacial score (nSPS) is 17.9. The highest BCUT2D eigenvalue weighted by molar-refractivity contribution is 9.10. The summed E-state index contributed by atoms with van der Waals surface area (Å²) in [6, 6.07) is 22.2. The van der Waals surface area contributed by atoms with Gasteiger partial charge < -0.3 is 9.84 Å². The number of aliphatic hydroxyl groups is 1. The maximum Gasteiger partial charge on any atom is 0.300 e. The number of carbonyl (C=O) groups excluding carboxylic acids is 2. The van der Waals surface area contributed by atoms with Gasteiger partial charge in [-0.05, 0) is 42.0 Å². The van der Waals surface area contributed by atoms with Crippen LogP contribution < -0.4 is 9.64 Å². The molecule has 1 aliphatic heterocycles. The van der Waals surface area contributed by atoms with Gasteiger partial charge in [0.25, 0.3) is 11.7 Å². The Bertz CT molecular complexity index is 1120. The molecule has 1 unspecified atom stereocenters. The van der Waals surface area contributed by atoms with E-state index in [1.165, 1.54) is 4.90 Å². The van der Waals surface area contributed by atoms with Crippen LogP contribution in [0.5, 0.6) is 5.75 Å². The van der Waals surface area contributed by atoms with Gasteiger partial charge in [-0.25, -0.2) is 0 Å². The minimum absolute atomic E-state index is 0.0522. The monoisotopic (exact) mass is 463 g/mol. The van der Waals surface area contributed by atoms with Crippen LogP contribution in [0.2, 0.25) is 0 Å². The number of hydrogen-bond acceptors (Lipinski definition) is 4. The summed E-state index contributed by atoms with van der Waals surface area (Å²) in [6.07, 6.45) is 0. The average molecular weight is 464 g/mol. The summed E-state index contributed by atoms with van der Waals surface area (Å²) in [5.41, 5.74) is 1.78. The van der Waals surface area contributed by atoms with Gasteiger partial charge in [-0.15, -0.1) is 0 Å². The molecule has 1 heterocycles. The third kappa shape index (κ3) is 3.50. The lowest BCUT2D eigenvalue weighted by molar-refractivity contribution is -0.132. The van der Waals surface area contributed by atoms with Crippen molar-refractivity contribution in [2.24, 2.45) is 0 Å². The SMILES string of the molecule is COc1ccc(C2/C(=C(/O)c3ccc(Br)cc3)C(=O)C(=O)N2c2ccccc2)cc1. The van der Waals surface area contributed by atoms with Gasteiger partial charge in [0.05, 0.1) is 18.7 Å².